The lowest BCUT2D eigenvalue weighted by molar-refractivity contribution is 0.0593. The Morgan fingerprint density at radius 3 is 2.52 bits per heavy atom. The molecule has 0 saturated heterocycles. The zero-order chi connectivity index (χ0) is 14.8. The normalized spacial score (nSPS) is 10.6. The maximum absolute atomic E-state index is 11.7. The van der Waals surface area contributed by atoms with Crippen LogP contribution >= 0.6 is 0 Å². The molecule has 0 spiro atoms. The number of hydrogen-bond donors (Lipinski definition) is 0. The summed E-state index contributed by atoms with van der Waals surface area (Å²) < 4.78 is 11.7. The molecular formula is C16H14N2O3. The summed E-state index contributed by atoms with van der Waals surface area (Å²) in [5, 5.41) is 0. The first-order valence-electron chi connectivity index (χ1n) is 6.43. The third-order valence-corrected chi connectivity index (χ3v) is 3.32. The van der Waals surface area contributed by atoms with Crippen LogP contribution in [0.4, 0.5) is 0 Å². The van der Waals surface area contributed by atoms with Gasteiger partial charge in [0.25, 0.3) is 0 Å². The number of rotatable bonds is 3. The summed E-state index contributed by atoms with van der Waals surface area (Å²) in [6.45, 7) is 0. The smallest absolute Gasteiger partial charge is 0.355 e. The van der Waals surface area contributed by atoms with E-state index in [1.807, 2.05) is 36.5 Å². The van der Waals surface area contributed by atoms with Crippen molar-refractivity contribution in [1.82, 2.24) is 9.38 Å². The first-order chi connectivity index (χ1) is 10.2. The molecule has 1 aromatic carbocycles. The van der Waals surface area contributed by atoms with E-state index in [9.17, 15) is 4.79 Å². The van der Waals surface area contributed by atoms with Crippen molar-refractivity contribution in [1.29, 1.82) is 0 Å². The van der Waals surface area contributed by atoms with E-state index >= 15 is 0 Å². The predicted octanol–water partition coefficient (Wildman–Crippen LogP) is 2.80. The zero-order valence-electron chi connectivity index (χ0n) is 11.7. The molecule has 106 valence electrons. The lowest BCUT2D eigenvalue weighted by Crippen LogP contribution is -2.05. The van der Waals surface area contributed by atoms with Gasteiger partial charge < -0.3 is 13.9 Å². The average molecular weight is 282 g/mol. The number of carbonyl (C=O) groups excluding carboxylic acids is 1. The van der Waals surface area contributed by atoms with Crippen molar-refractivity contribution in [3.05, 3.63) is 54.5 Å². The van der Waals surface area contributed by atoms with E-state index in [1.54, 1.807) is 23.8 Å². The summed E-state index contributed by atoms with van der Waals surface area (Å²) in [6, 6.07) is 11.1. The number of benzene rings is 1. The summed E-state index contributed by atoms with van der Waals surface area (Å²) in [5.41, 5.74) is 3.03. The van der Waals surface area contributed by atoms with Crippen LogP contribution in [0, 0.1) is 0 Å². The maximum atomic E-state index is 11.7. The van der Waals surface area contributed by atoms with Crippen molar-refractivity contribution in [2.45, 2.75) is 0 Å². The van der Waals surface area contributed by atoms with Gasteiger partial charge in [-0.2, -0.15) is 0 Å². The largest absolute Gasteiger partial charge is 0.497 e. The van der Waals surface area contributed by atoms with E-state index < -0.39 is 0 Å². The van der Waals surface area contributed by atoms with Crippen LogP contribution < -0.4 is 4.74 Å². The Labute approximate surface area is 121 Å². The molecule has 0 fully saturated rings. The molecular weight excluding hydrogens is 268 g/mol. The minimum atomic E-state index is -0.373. The van der Waals surface area contributed by atoms with Gasteiger partial charge in [0.15, 0.2) is 0 Å². The van der Waals surface area contributed by atoms with Crippen LogP contribution in [0.25, 0.3) is 16.8 Å². The predicted molar refractivity (Wildman–Crippen MR) is 78.5 cm³/mol. The molecule has 0 amide bonds. The molecule has 0 aliphatic carbocycles. The maximum Gasteiger partial charge on any atom is 0.355 e. The van der Waals surface area contributed by atoms with Gasteiger partial charge in [0.05, 0.1) is 31.6 Å². The van der Waals surface area contributed by atoms with E-state index in [2.05, 4.69) is 4.98 Å². The van der Waals surface area contributed by atoms with Crippen LogP contribution in [0.3, 0.4) is 0 Å². The summed E-state index contributed by atoms with van der Waals surface area (Å²) >= 11 is 0. The highest BCUT2D eigenvalue weighted by atomic mass is 16.5. The van der Waals surface area contributed by atoms with Crippen molar-refractivity contribution in [2.24, 2.45) is 0 Å². The summed E-state index contributed by atoms with van der Waals surface area (Å²) in [4.78, 5) is 16.2. The summed E-state index contributed by atoms with van der Waals surface area (Å²) in [6.07, 6.45) is 3.55. The Hall–Kier alpha value is -2.82. The molecule has 0 aliphatic heterocycles. The molecule has 0 saturated carbocycles. The zero-order valence-corrected chi connectivity index (χ0v) is 11.7. The van der Waals surface area contributed by atoms with Gasteiger partial charge in [0.1, 0.15) is 11.4 Å². The number of nitrogens with zero attached hydrogens (tertiary/aromatic N) is 2. The molecule has 3 aromatic rings. The first kappa shape index (κ1) is 13.2. The van der Waals surface area contributed by atoms with Gasteiger partial charge in [-0.15, -0.1) is 0 Å². The van der Waals surface area contributed by atoms with Gasteiger partial charge in [-0.1, -0.05) is 0 Å². The van der Waals surface area contributed by atoms with E-state index in [1.165, 1.54) is 7.11 Å². The van der Waals surface area contributed by atoms with E-state index in [-0.39, 0.29) is 5.97 Å². The second kappa shape index (κ2) is 5.28. The Kier molecular flexibility index (Phi) is 3.31. The van der Waals surface area contributed by atoms with Crippen LogP contribution in [0.5, 0.6) is 5.75 Å². The van der Waals surface area contributed by atoms with E-state index in [0.29, 0.717) is 5.69 Å². The third kappa shape index (κ3) is 2.33. The lowest BCUT2D eigenvalue weighted by atomic mass is 10.1. The fraction of sp³-hybridized carbons (Fsp3) is 0.125. The highest BCUT2D eigenvalue weighted by Gasteiger charge is 2.12. The molecule has 2 aromatic heterocycles. The summed E-state index contributed by atoms with van der Waals surface area (Å²) in [5.74, 6) is 0.415. The Bertz CT molecular complexity index is 791. The van der Waals surface area contributed by atoms with Gasteiger partial charge in [-0.25, -0.2) is 4.79 Å². The molecule has 0 N–H and O–H groups in total. The van der Waals surface area contributed by atoms with E-state index in [0.717, 1.165) is 22.5 Å². The van der Waals surface area contributed by atoms with Gasteiger partial charge in [-0.05, 0) is 36.4 Å². The minimum Gasteiger partial charge on any atom is -0.497 e. The van der Waals surface area contributed by atoms with E-state index in [4.69, 9.17) is 9.47 Å². The van der Waals surface area contributed by atoms with Crippen LogP contribution in [-0.2, 0) is 4.74 Å². The minimum absolute atomic E-state index is 0.373. The molecule has 0 aliphatic rings. The SMILES string of the molecule is COC(=O)c1ccc2cnc(-c3ccc(OC)cc3)cn12. The van der Waals surface area contributed by atoms with Gasteiger partial charge in [0, 0.05) is 11.8 Å². The molecule has 5 heteroatoms. The van der Waals surface area contributed by atoms with Crippen molar-refractivity contribution in [3.8, 4) is 17.0 Å². The monoisotopic (exact) mass is 282 g/mol. The fourth-order valence-corrected chi connectivity index (χ4v) is 2.19. The van der Waals surface area contributed by atoms with Crippen LogP contribution in [0.1, 0.15) is 10.5 Å². The second-order valence-electron chi connectivity index (χ2n) is 4.51. The average Bonchev–Trinajstić information content (AvgIpc) is 2.97. The number of esters is 1. The van der Waals surface area contributed by atoms with Crippen LogP contribution in [0.2, 0.25) is 0 Å². The number of hydrogen-bond acceptors (Lipinski definition) is 4. The fourth-order valence-electron chi connectivity index (χ4n) is 2.19. The molecule has 3 rings (SSSR count). The quantitative estimate of drug-likeness (QED) is 0.693. The molecule has 0 unspecified atom stereocenters. The molecule has 0 bridgehead atoms. The molecule has 2 heterocycles. The summed E-state index contributed by atoms with van der Waals surface area (Å²) in [7, 11) is 3.00. The second-order valence-corrected chi connectivity index (χ2v) is 4.51. The van der Waals surface area contributed by atoms with Crippen molar-refractivity contribution in [2.75, 3.05) is 14.2 Å². The lowest BCUT2D eigenvalue weighted by Gasteiger charge is -2.06. The topological polar surface area (TPSA) is 52.8 Å². The van der Waals surface area contributed by atoms with Crippen LogP contribution in [0.15, 0.2) is 48.8 Å². The molecule has 0 radical (unpaired) electrons. The number of methoxy groups -OCH3 is 2. The van der Waals surface area contributed by atoms with Crippen molar-refractivity contribution < 1.29 is 14.3 Å². The molecule has 5 nitrogen and oxygen atoms in total. The van der Waals surface area contributed by atoms with Gasteiger partial charge in [-0.3, -0.25) is 4.98 Å². The number of ether oxygens (including phenoxy) is 2. The van der Waals surface area contributed by atoms with Crippen LogP contribution in [-0.4, -0.2) is 29.6 Å². The Morgan fingerprint density at radius 2 is 1.86 bits per heavy atom. The molecule has 0 atom stereocenters. The van der Waals surface area contributed by atoms with Crippen molar-refractivity contribution in [3.63, 3.8) is 0 Å². The molecule has 21 heavy (non-hydrogen) atoms. The Balaban J connectivity index is 2.08. The number of fused-ring (bicyclic) bond motifs is 1. The Morgan fingerprint density at radius 1 is 1.10 bits per heavy atom. The van der Waals surface area contributed by atoms with Gasteiger partial charge in [0.2, 0.25) is 0 Å². The van der Waals surface area contributed by atoms with Gasteiger partial charge >= 0.3 is 5.97 Å². The number of carbonyl (C=O) groups is 1. The van der Waals surface area contributed by atoms with Crippen molar-refractivity contribution >= 4 is 11.5 Å². The highest BCUT2D eigenvalue weighted by Crippen LogP contribution is 2.22. The number of aromatic nitrogens is 2. The standard InChI is InChI=1S/C16H14N2O3/c1-20-13-6-3-11(4-7-13)14-10-18-12(9-17-14)5-8-15(18)16(19)21-2/h3-10H,1-2H3. The first-order valence-corrected chi connectivity index (χ1v) is 6.43. The third-order valence-electron chi connectivity index (χ3n) is 3.32. The highest BCUT2D eigenvalue weighted by molar-refractivity contribution is 5.89.